The zero-order chi connectivity index (χ0) is 18.4. The minimum Gasteiger partial charge on any atom is -0.493 e. The number of hydrogen-bond donors (Lipinski definition) is 1. The maximum absolute atomic E-state index is 6.44. The molecule has 1 heterocycles. The highest BCUT2D eigenvalue weighted by Crippen LogP contribution is 2.37. The second-order valence-electron chi connectivity index (χ2n) is 6.07. The Bertz CT molecular complexity index is 836. The first-order valence-electron chi connectivity index (χ1n) is 8.43. The van der Waals surface area contributed by atoms with E-state index in [1.54, 1.807) is 18.4 Å². The number of thiophene rings is 1. The Balaban J connectivity index is 0.00000261. The number of methoxy groups -OCH3 is 1. The molecular formula is C21H23Cl2NO2S. The summed E-state index contributed by atoms with van der Waals surface area (Å²) in [4.78, 5) is 1.15. The number of halogens is 2. The molecule has 0 bridgehead atoms. The van der Waals surface area contributed by atoms with Gasteiger partial charge in [-0.1, -0.05) is 47.5 Å². The van der Waals surface area contributed by atoms with Crippen molar-refractivity contribution in [3.8, 4) is 11.5 Å². The molecule has 3 rings (SSSR count). The fraction of sp³-hybridized carbons (Fsp3) is 0.238. The van der Waals surface area contributed by atoms with Gasteiger partial charge in [-0.15, -0.1) is 23.7 Å². The topological polar surface area (TPSA) is 30.5 Å². The average Bonchev–Trinajstić information content (AvgIpc) is 3.15. The molecule has 0 aliphatic carbocycles. The predicted molar refractivity (Wildman–Crippen MR) is 116 cm³/mol. The molecule has 1 aromatic heterocycles. The molecule has 0 fully saturated rings. The number of benzene rings is 2. The van der Waals surface area contributed by atoms with Crippen molar-refractivity contribution < 1.29 is 9.47 Å². The Labute approximate surface area is 175 Å². The molecular weight excluding hydrogens is 401 g/mol. The minimum absolute atomic E-state index is 0. The van der Waals surface area contributed by atoms with Gasteiger partial charge in [0.15, 0.2) is 11.5 Å². The van der Waals surface area contributed by atoms with Crippen molar-refractivity contribution in [3.63, 3.8) is 0 Å². The lowest BCUT2D eigenvalue weighted by molar-refractivity contribution is 0.287. The summed E-state index contributed by atoms with van der Waals surface area (Å²) < 4.78 is 11.4. The average molecular weight is 424 g/mol. The van der Waals surface area contributed by atoms with Gasteiger partial charge in [0.05, 0.1) is 12.1 Å². The molecule has 0 unspecified atom stereocenters. The molecule has 1 N–H and O–H groups in total. The van der Waals surface area contributed by atoms with E-state index in [2.05, 4.69) is 36.5 Å². The minimum atomic E-state index is 0. The van der Waals surface area contributed by atoms with Crippen LogP contribution < -0.4 is 14.8 Å². The molecule has 27 heavy (non-hydrogen) atoms. The molecule has 0 aliphatic heterocycles. The Hall–Kier alpha value is -1.72. The fourth-order valence-electron chi connectivity index (χ4n) is 2.61. The van der Waals surface area contributed by atoms with Crippen molar-refractivity contribution in [2.45, 2.75) is 26.6 Å². The summed E-state index contributed by atoms with van der Waals surface area (Å²) >= 11 is 8.09. The molecule has 0 amide bonds. The van der Waals surface area contributed by atoms with E-state index in [4.69, 9.17) is 21.1 Å². The first-order valence-corrected chi connectivity index (χ1v) is 9.69. The number of ether oxygens (including phenoxy) is 2. The van der Waals surface area contributed by atoms with Gasteiger partial charge < -0.3 is 14.8 Å². The van der Waals surface area contributed by atoms with Crippen LogP contribution in [0.25, 0.3) is 0 Å². The molecule has 0 saturated heterocycles. The molecule has 0 saturated carbocycles. The highest BCUT2D eigenvalue weighted by Gasteiger charge is 2.12. The van der Waals surface area contributed by atoms with Crippen molar-refractivity contribution >= 4 is 35.3 Å². The third-order valence-electron chi connectivity index (χ3n) is 4.01. The van der Waals surface area contributed by atoms with Crippen LogP contribution in [0.4, 0.5) is 0 Å². The number of hydrogen-bond acceptors (Lipinski definition) is 4. The summed E-state index contributed by atoms with van der Waals surface area (Å²) in [7, 11) is 1.63. The van der Waals surface area contributed by atoms with Crippen LogP contribution in [0.2, 0.25) is 5.02 Å². The second-order valence-corrected chi connectivity index (χ2v) is 7.51. The molecule has 0 aliphatic rings. The normalized spacial score (nSPS) is 10.3. The predicted octanol–water partition coefficient (Wildman–Crippen LogP) is 6.01. The van der Waals surface area contributed by atoms with Gasteiger partial charge in [0.25, 0.3) is 0 Å². The lowest BCUT2D eigenvalue weighted by Crippen LogP contribution is -2.13. The van der Waals surface area contributed by atoms with Gasteiger partial charge in [0.1, 0.15) is 6.61 Å². The molecule has 3 aromatic rings. The number of nitrogens with one attached hydrogen (secondary N) is 1. The number of rotatable bonds is 8. The monoisotopic (exact) mass is 423 g/mol. The molecule has 144 valence electrons. The van der Waals surface area contributed by atoms with Crippen LogP contribution in [-0.4, -0.2) is 7.11 Å². The highest BCUT2D eigenvalue weighted by molar-refractivity contribution is 7.09. The fourth-order valence-corrected chi connectivity index (χ4v) is 3.51. The smallest absolute Gasteiger partial charge is 0.180 e. The van der Waals surface area contributed by atoms with E-state index < -0.39 is 0 Å². The third kappa shape index (κ3) is 6.15. The van der Waals surface area contributed by atoms with Crippen LogP contribution in [0.15, 0.2) is 53.9 Å². The zero-order valence-electron chi connectivity index (χ0n) is 15.3. The lowest BCUT2D eigenvalue weighted by Gasteiger charge is -2.14. The largest absolute Gasteiger partial charge is 0.493 e. The summed E-state index contributed by atoms with van der Waals surface area (Å²) in [5.41, 5.74) is 3.58. The van der Waals surface area contributed by atoms with E-state index >= 15 is 0 Å². The van der Waals surface area contributed by atoms with Crippen LogP contribution in [-0.2, 0) is 19.7 Å². The summed E-state index contributed by atoms with van der Waals surface area (Å²) in [6.45, 7) is 4.08. The van der Waals surface area contributed by atoms with Crippen molar-refractivity contribution in [1.29, 1.82) is 0 Å². The van der Waals surface area contributed by atoms with Crippen LogP contribution in [0.1, 0.15) is 21.6 Å². The van der Waals surface area contributed by atoms with Gasteiger partial charge in [0, 0.05) is 18.0 Å². The van der Waals surface area contributed by atoms with Crippen LogP contribution in [0.5, 0.6) is 11.5 Å². The first kappa shape index (κ1) is 21.6. The lowest BCUT2D eigenvalue weighted by atomic mass is 10.1. The van der Waals surface area contributed by atoms with Crippen LogP contribution in [0, 0.1) is 6.92 Å². The Morgan fingerprint density at radius 3 is 2.44 bits per heavy atom. The molecule has 2 aromatic carbocycles. The molecule has 0 radical (unpaired) electrons. The van der Waals surface area contributed by atoms with Crippen molar-refractivity contribution in [1.82, 2.24) is 5.32 Å². The highest BCUT2D eigenvalue weighted by atomic mass is 35.5. The van der Waals surface area contributed by atoms with Gasteiger partial charge >= 0.3 is 0 Å². The zero-order valence-corrected chi connectivity index (χ0v) is 17.7. The van der Waals surface area contributed by atoms with Crippen molar-refractivity contribution in [2.75, 3.05) is 7.11 Å². The van der Waals surface area contributed by atoms with Gasteiger partial charge in [0.2, 0.25) is 0 Å². The third-order valence-corrected chi connectivity index (χ3v) is 5.14. The van der Waals surface area contributed by atoms with E-state index in [1.807, 2.05) is 29.6 Å². The van der Waals surface area contributed by atoms with Gasteiger partial charge in [-0.05, 0) is 41.6 Å². The van der Waals surface area contributed by atoms with Crippen LogP contribution in [0.3, 0.4) is 0 Å². The molecule has 6 heteroatoms. The van der Waals surface area contributed by atoms with Crippen molar-refractivity contribution in [3.05, 3.63) is 80.5 Å². The van der Waals surface area contributed by atoms with Crippen molar-refractivity contribution in [2.24, 2.45) is 0 Å². The quantitative estimate of drug-likeness (QED) is 0.481. The Morgan fingerprint density at radius 1 is 1.04 bits per heavy atom. The van der Waals surface area contributed by atoms with Gasteiger partial charge in [-0.25, -0.2) is 0 Å². The van der Waals surface area contributed by atoms with E-state index in [-0.39, 0.29) is 12.4 Å². The van der Waals surface area contributed by atoms with E-state index in [9.17, 15) is 0 Å². The van der Waals surface area contributed by atoms with Gasteiger partial charge in [-0.2, -0.15) is 0 Å². The van der Waals surface area contributed by atoms with E-state index in [1.165, 1.54) is 11.1 Å². The molecule has 3 nitrogen and oxygen atoms in total. The van der Waals surface area contributed by atoms with Gasteiger partial charge in [-0.3, -0.25) is 0 Å². The van der Waals surface area contributed by atoms with Crippen LogP contribution >= 0.6 is 35.3 Å². The summed E-state index contributed by atoms with van der Waals surface area (Å²) in [6, 6.07) is 16.5. The first-order chi connectivity index (χ1) is 12.7. The van der Waals surface area contributed by atoms with E-state index in [0.717, 1.165) is 17.0 Å². The SMILES string of the molecule is COc1cc(CNCc2ccc(C)cc2)cc(Cl)c1OCc1cccs1.Cl. The summed E-state index contributed by atoms with van der Waals surface area (Å²) in [5, 5.41) is 6.03. The second kappa shape index (κ2) is 10.6. The standard InChI is InChI=1S/C21H22ClNO2S.ClH/c1-15-5-7-16(8-6-15)12-23-13-17-10-19(22)21(20(11-17)24-2)25-14-18-4-3-9-26-18;/h3-11,23H,12-14H2,1-2H3;1H. The Kier molecular flexibility index (Phi) is 8.45. The van der Waals surface area contributed by atoms with E-state index in [0.29, 0.717) is 29.7 Å². The summed E-state index contributed by atoms with van der Waals surface area (Å²) in [6.07, 6.45) is 0. The summed E-state index contributed by atoms with van der Waals surface area (Å²) in [5.74, 6) is 1.24. The number of aryl methyl sites for hydroxylation is 1. The molecule has 0 spiro atoms. The molecule has 0 atom stereocenters. The maximum Gasteiger partial charge on any atom is 0.180 e. The maximum atomic E-state index is 6.44. The Morgan fingerprint density at radius 2 is 1.78 bits per heavy atom.